The number of ether oxygens (including phenoxy) is 2. The van der Waals surface area contributed by atoms with Gasteiger partial charge < -0.3 is 14.0 Å². The van der Waals surface area contributed by atoms with Crippen LogP contribution in [0, 0.1) is 0 Å². The summed E-state index contributed by atoms with van der Waals surface area (Å²) in [6.07, 6.45) is 2.54. The molecular formula is C26H21F5N6O2. The van der Waals surface area contributed by atoms with Crippen molar-refractivity contribution in [1.29, 1.82) is 0 Å². The van der Waals surface area contributed by atoms with Crippen LogP contribution in [0.25, 0.3) is 22.8 Å². The molecule has 39 heavy (non-hydrogen) atoms. The van der Waals surface area contributed by atoms with Crippen LogP contribution in [0.5, 0.6) is 11.8 Å². The normalized spacial score (nSPS) is 15.5. The van der Waals surface area contributed by atoms with Crippen molar-refractivity contribution >= 4 is 0 Å². The summed E-state index contributed by atoms with van der Waals surface area (Å²) in [4.78, 5) is 20.5. The quantitative estimate of drug-likeness (QED) is 0.232. The van der Waals surface area contributed by atoms with Crippen molar-refractivity contribution < 1.29 is 31.4 Å². The summed E-state index contributed by atoms with van der Waals surface area (Å²) < 4.78 is 77.7. The molecule has 0 unspecified atom stereocenters. The standard InChI is InChI=1S/C26H21F5N6O2/c27-25(28)39-24-20(21(15-5-6-15)33-13-34-24)22-32-10-9-19(36-22)38-12-14-1-3-16(4-2-14)23-35-18(26(29,30)31)11-37(23)17-7-8-17/h1-4,9-11,13,15,17,25H,5-8,12H2. The number of benzene rings is 1. The minimum Gasteiger partial charge on any atom is -0.473 e. The van der Waals surface area contributed by atoms with Crippen molar-refractivity contribution in [2.75, 3.05) is 0 Å². The van der Waals surface area contributed by atoms with Crippen molar-refractivity contribution in [1.82, 2.24) is 29.5 Å². The number of aromatic nitrogens is 6. The Morgan fingerprint density at radius 2 is 1.72 bits per heavy atom. The van der Waals surface area contributed by atoms with Gasteiger partial charge in [-0.15, -0.1) is 0 Å². The molecule has 3 heterocycles. The van der Waals surface area contributed by atoms with Gasteiger partial charge in [0, 0.05) is 36.0 Å². The third-order valence-corrected chi connectivity index (χ3v) is 6.42. The van der Waals surface area contributed by atoms with E-state index in [9.17, 15) is 22.0 Å². The van der Waals surface area contributed by atoms with Crippen LogP contribution in [0.15, 0.2) is 49.1 Å². The lowest BCUT2D eigenvalue weighted by Crippen LogP contribution is -2.09. The lowest BCUT2D eigenvalue weighted by molar-refractivity contribution is -0.140. The lowest BCUT2D eigenvalue weighted by atomic mass is 10.1. The van der Waals surface area contributed by atoms with E-state index in [4.69, 9.17) is 4.74 Å². The second kappa shape index (κ2) is 9.86. The van der Waals surface area contributed by atoms with Crippen LogP contribution in [0.4, 0.5) is 22.0 Å². The van der Waals surface area contributed by atoms with Gasteiger partial charge in [0.05, 0.1) is 5.69 Å². The molecule has 0 N–H and O–H groups in total. The first-order valence-electron chi connectivity index (χ1n) is 12.3. The fourth-order valence-electron chi connectivity index (χ4n) is 4.26. The van der Waals surface area contributed by atoms with Crippen LogP contribution < -0.4 is 9.47 Å². The van der Waals surface area contributed by atoms with Crippen LogP contribution in [0.3, 0.4) is 0 Å². The Labute approximate surface area is 218 Å². The summed E-state index contributed by atoms with van der Waals surface area (Å²) in [7, 11) is 0. The summed E-state index contributed by atoms with van der Waals surface area (Å²) in [5.41, 5.74) is 1.15. The zero-order chi connectivity index (χ0) is 27.1. The van der Waals surface area contributed by atoms with E-state index in [-0.39, 0.29) is 47.5 Å². The average Bonchev–Trinajstić information content (AvgIpc) is 3.85. The zero-order valence-corrected chi connectivity index (χ0v) is 20.3. The molecule has 0 amide bonds. The molecule has 0 saturated heterocycles. The molecular weight excluding hydrogens is 523 g/mol. The van der Waals surface area contributed by atoms with Crippen LogP contribution >= 0.6 is 0 Å². The average molecular weight is 544 g/mol. The van der Waals surface area contributed by atoms with Crippen molar-refractivity contribution in [2.24, 2.45) is 0 Å². The fourth-order valence-corrected chi connectivity index (χ4v) is 4.26. The van der Waals surface area contributed by atoms with Gasteiger partial charge in [0.25, 0.3) is 0 Å². The second-order valence-corrected chi connectivity index (χ2v) is 9.38. The SMILES string of the molecule is FC(F)Oc1ncnc(C2CC2)c1-c1nccc(OCc2ccc(-c3nc(C(F)(F)F)cn3C3CC3)cc2)n1. The number of nitrogens with zero attached hydrogens (tertiary/aromatic N) is 6. The highest BCUT2D eigenvalue weighted by Crippen LogP contribution is 2.45. The monoisotopic (exact) mass is 544 g/mol. The Kier molecular flexibility index (Phi) is 6.35. The molecule has 2 aliphatic rings. The largest absolute Gasteiger partial charge is 0.473 e. The van der Waals surface area contributed by atoms with Gasteiger partial charge in [0.1, 0.15) is 24.3 Å². The van der Waals surface area contributed by atoms with E-state index in [1.54, 1.807) is 28.8 Å². The van der Waals surface area contributed by atoms with Gasteiger partial charge in [-0.25, -0.2) is 19.9 Å². The number of halogens is 5. The number of alkyl halides is 5. The van der Waals surface area contributed by atoms with Crippen LogP contribution in [0.1, 0.15) is 54.6 Å². The highest BCUT2D eigenvalue weighted by molar-refractivity contribution is 5.66. The molecule has 2 fully saturated rings. The molecule has 8 nitrogen and oxygen atoms in total. The Hall–Kier alpha value is -4.16. The Bertz CT molecular complexity index is 1480. The molecule has 4 aromatic rings. The molecule has 0 radical (unpaired) electrons. The van der Waals surface area contributed by atoms with Gasteiger partial charge in [-0.2, -0.15) is 26.9 Å². The zero-order valence-electron chi connectivity index (χ0n) is 20.3. The summed E-state index contributed by atoms with van der Waals surface area (Å²) in [5.74, 6) is 0.367. The molecule has 3 aromatic heterocycles. The van der Waals surface area contributed by atoms with Gasteiger partial charge in [-0.05, 0) is 31.2 Å². The van der Waals surface area contributed by atoms with E-state index in [1.165, 1.54) is 18.6 Å². The summed E-state index contributed by atoms with van der Waals surface area (Å²) in [5, 5.41) is 0. The van der Waals surface area contributed by atoms with Crippen LogP contribution in [-0.2, 0) is 12.8 Å². The summed E-state index contributed by atoms with van der Waals surface area (Å²) >= 11 is 0. The molecule has 0 atom stereocenters. The third kappa shape index (κ3) is 5.52. The van der Waals surface area contributed by atoms with Crippen LogP contribution in [0.2, 0.25) is 0 Å². The van der Waals surface area contributed by atoms with Gasteiger partial charge in [-0.1, -0.05) is 24.3 Å². The maximum Gasteiger partial charge on any atom is 0.434 e. The number of hydrogen-bond donors (Lipinski definition) is 0. The predicted octanol–water partition coefficient (Wildman–Crippen LogP) is 6.21. The summed E-state index contributed by atoms with van der Waals surface area (Å²) in [6, 6.07) is 8.42. The molecule has 13 heteroatoms. The maximum absolute atomic E-state index is 13.2. The van der Waals surface area contributed by atoms with E-state index >= 15 is 0 Å². The molecule has 6 rings (SSSR count). The first kappa shape index (κ1) is 25.1. The molecule has 0 spiro atoms. The molecule has 2 aliphatic carbocycles. The molecule has 2 saturated carbocycles. The van der Waals surface area contributed by atoms with Gasteiger partial charge in [-0.3, -0.25) is 0 Å². The highest BCUT2D eigenvalue weighted by Gasteiger charge is 2.37. The smallest absolute Gasteiger partial charge is 0.434 e. The molecule has 1 aromatic carbocycles. The minimum absolute atomic E-state index is 0.0284. The Morgan fingerprint density at radius 1 is 0.949 bits per heavy atom. The Balaban J connectivity index is 1.20. The molecule has 0 aliphatic heterocycles. The third-order valence-electron chi connectivity index (χ3n) is 6.42. The fraction of sp³-hybridized carbons (Fsp3) is 0.346. The van der Waals surface area contributed by atoms with E-state index < -0.39 is 18.5 Å². The predicted molar refractivity (Wildman–Crippen MR) is 127 cm³/mol. The van der Waals surface area contributed by atoms with Crippen molar-refractivity contribution in [3.05, 3.63) is 66.0 Å². The molecule has 202 valence electrons. The first-order valence-corrected chi connectivity index (χ1v) is 12.3. The van der Waals surface area contributed by atoms with Gasteiger partial charge in [0.2, 0.25) is 11.8 Å². The minimum atomic E-state index is -4.52. The number of hydrogen-bond acceptors (Lipinski definition) is 7. The maximum atomic E-state index is 13.2. The number of rotatable bonds is 9. The van der Waals surface area contributed by atoms with Gasteiger partial charge in [0.15, 0.2) is 11.5 Å². The highest BCUT2D eigenvalue weighted by atomic mass is 19.4. The van der Waals surface area contributed by atoms with Crippen molar-refractivity contribution in [2.45, 2.75) is 57.0 Å². The second-order valence-electron chi connectivity index (χ2n) is 9.38. The van der Waals surface area contributed by atoms with Crippen molar-refractivity contribution in [3.8, 4) is 34.5 Å². The van der Waals surface area contributed by atoms with E-state index in [0.717, 1.165) is 37.4 Å². The van der Waals surface area contributed by atoms with E-state index in [0.29, 0.717) is 11.3 Å². The summed E-state index contributed by atoms with van der Waals surface area (Å²) in [6.45, 7) is -2.97. The lowest BCUT2D eigenvalue weighted by Gasteiger charge is -2.13. The Morgan fingerprint density at radius 3 is 2.38 bits per heavy atom. The van der Waals surface area contributed by atoms with Crippen molar-refractivity contribution in [3.63, 3.8) is 0 Å². The topological polar surface area (TPSA) is 87.8 Å². The first-order chi connectivity index (χ1) is 18.8. The van der Waals surface area contributed by atoms with E-state index in [1.807, 2.05) is 0 Å². The van der Waals surface area contributed by atoms with Gasteiger partial charge >= 0.3 is 12.8 Å². The van der Waals surface area contributed by atoms with Crippen LogP contribution in [-0.4, -0.2) is 36.1 Å². The number of imidazole rings is 1. The molecule has 0 bridgehead atoms. The van der Waals surface area contributed by atoms with E-state index in [2.05, 4.69) is 29.7 Å².